The van der Waals surface area contributed by atoms with Crippen LogP contribution in [0.1, 0.15) is 11.3 Å². The van der Waals surface area contributed by atoms with Gasteiger partial charge in [0.1, 0.15) is 11.7 Å². The largest absolute Gasteiger partial charge is 0.383 e. The van der Waals surface area contributed by atoms with Crippen LogP contribution in [-0.2, 0) is 11.3 Å². The number of nitrogens with zero attached hydrogens (tertiary/aromatic N) is 4. The Morgan fingerprint density at radius 3 is 2.87 bits per heavy atom. The van der Waals surface area contributed by atoms with Crippen LogP contribution in [-0.4, -0.2) is 40.7 Å². The number of nitriles is 1. The van der Waals surface area contributed by atoms with Crippen molar-refractivity contribution in [2.75, 3.05) is 12.8 Å². The lowest BCUT2D eigenvalue weighted by Gasteiger charge is -2.16. The van der Waals surface area contributed by atoms with Crippen LogP contribution >= 0.6 is 0 Å². The van der Waals surface area contributed by atoms with E-state index in [1.165, 1.54) is 0 Å². The lowest BCUT2D eigenvalue weighted by atomic mass is 10.1. The Labute approximate surface area is 136 Å². The Kier molecular flexibility index (Phi) is 3.96. The van der Waals surface area contributed by atoms with Gasteiger partial charge in [-0.25, -0.2) is 4.98 Å². The topological polar surface area (TPSA) is 79.5 Å². The Morgan fingerprint density at radius 1 is 1.39 bits per heavy atom. The number of nitrogens with one attached hydrogen (secondary N) is 1. The van der Waals surface area contributed by atoms with Crippen LogP contribution in [0.25, 0.3) is 21.9 Å². The summed E-state index contributed by atoms with van der Waals surface area (Å²) in [5.74, 6) is 0. The van der Waals surface area contributed by atoms with E-state index in [9.17, 15) is 5.26 Å². The maximum atomic E-state index is 9.44. The summed E-state index contributed by atoms with van der Waals surface area (Å²) in [6.07, 6.45) is 4.45. The van der Waals surface area contributed by atoms with E-state index in [0.29, 0.717) is 18.7 Å². The number of aromatic amines is 1. The van der Waals surface area contributed by atoms with Crippen LogP contribution in [0.5, 0.6) is 0 Å². The van der Waals surface area contributed by atoms with Crippen molar-refractivity contribution in [2.24, 2.45) is 0 Å². The van der Waals surface area contributed by atoms with Gasteiger partial charge < -0.3 is 9.30 Å². The van der Waals surface area contributed by atoms with Gasteiger partial charge in [0.05, 0.1) is 43.0 Å². The van der Waals surface area contributed by atoms with Gasteiger partial charge in [-0.05, 0) is 6.92 Å². The summed E-state index contributed by atoms with van der Waals surface area (Å²) in [7, 11) is -1.20. The first kappa shape index (κ1) is 15.7. The summed E-state index contributed by atoms with van der Waals surface area (Å²) in [5, 5.41) is 18.3. The maximum absolute atomic E-state index is 9.44. The Morgan fingerprint density at radius 2 is 2.17 bits per heavy atom. The molecule has 0 amide bonds. The fraction of sp³-hybridized carbons (Fsp3) is 0.438. The molecule has 3 heterocycles. The summed E-state index contributed by atoms with van der Waals surface area (Å²) in [5.41, 5.74) is 3.22. The van der Waals surface area contributed by atoms with Crippen LogP contribution in [0, 0.1) is 18.3 Å². The normalized spacial score (nSPS) is 12.1. The molecule has 0 unspecified atom stereocenters. The van der Waals surface area contributed by atoms with Crippen LogP contribution in [0.4, 0.5) is 0 Å². The quantitative estimate of drug-likeness (QED) is 0.577. The zero-order valence-corrected chi connectivity index (χ0v) is 15.0. The minimum atomic E-state index is -1.20. The summed E-state index contributed by atoms with van der Waals surface area (Å²) in [6.45, 7) is 10.1. The van der Waals surface area contributed by atoms with Crippen LogP contribution < -0.4 is 0 Å². The second-order valence-electron chi connectivity index (χ2n) is 7.02. The number of aromatic nitrogens is 4. The number of fused-ring (bicyclic) bond motifs is 3. The average molecular weight is 327 g/mol. The van der Waals surface area contributed by atoms with Crippen molar-refractivity contribution in [3.8, 4) is 6.07 Å². The zero-order chi connectivity index (χ0) is 16.6. The van der Waals surface area contributed by atoms with E-state index in [-0.39, 0.29) is 0 Å². The van der Waals surface area contributed by atoms with E-state index in [1.807, 2.05) is 17.7 Å². The Bertz CT molecular complexity index is 897. The van der Waals surface area contributed by atoms with Gasteiger partial charge in [-0.15, -0.1) is 0 Å². The van der Waals surface area contributed by atoms with Gasteiger partial charge in [0.15, 0.2) is 0 Å². The molecule has 23 heavy (non-hydrogen) atoms. The molecule has 0 radical (unpaired) electrons. The number of ether oxygens (including phenoxy) is 1. The summed E-state index contributed by atoms with van der Waals surface area (Å²) in [6, 6.07) is 2.26. The number of H-pyrrole nitrogens is 1. The minimum Gasteiger partial charge on any atom is -0.383 e. The third kappa shape index (κ3) is 3.00. The van der Waals surface area contributed by atoms with Crippen LogP contribution in [0.3, 0.4) is 0 Å². The van der Waals surface area contributed by atoms with Gasteiger partial charge in [-0.2, -0.15) is 10.4 Å². The first-order chi connectivity index (χ1) is 10.9. The molecule has 0 bridgehead atoms. The van der Waals surface area contributed by atoms with E-state index in [1.54, 1.807) is 6.20 Å². The van der Waals surface area contributed by atoms with Crippen molar-refractivity contribution in [2.45, 2.75) is 33.1 Å². The second-order valence-corrected chi connectivity index (χ2v) is 12.4. The predicted molar refractivity (Wildman–Crippen MR) is 93.0 cm³/mol. The highest BCUT2D eigenvalue weighted by Gasteiger charge is 2.17. The molecule has 0 fully saturated rings. The molecular weight excluding hydrogens is 306 g/mol. The molecule has 3 aromatic rings. The Hall–Kier alpha value is -2.17. The van der Waals surface area contributed by atoms with E-state index >= 15 is 0 Å². The van der Waals surface area contributed by atoms with Gasteiger partial charge >= 0.3 is 0 Å². The summed E-state index contributed by atoms with van der Waals surface area (Å²) < 4.78 is 7.81. The summed E-state index contributed by atoms with van der Waals surface area (Å²) >= 11 is 0. The van der Waals surface area contributed by atoms with Crippen molar-refractivity contribution in [1.29, 1.82) is 5.26 Å². The number of aryl methyl sites for hydroxylation is 1. The molecule has 0 aliphatic heterocycles. The standard InChI is InChI=1S/C16H21N5OSi/c1-11-13-8-18-20-15(13)14-12(7-17)9-21(16(14)19-11)5-6-22-10-23(2,3)4/h8-9H,5-6,10H2,1-4H3,(H,18,20). The van der Waals surface area contributed by atoms with Crippen molar-refractivity contribution < 1.29 is 4.74 Å². The van der Waals surface area contributed by atoms with E-state index in [0.717, 1.165) is 33.9 Å². The van der Waals surface area contributed by atoms with Crippen LogP contribution in [0.2, 0.25) is 19.6 Å². The average Bonchev–Trinajstić information content (AvgIpc) is 3.07. The lowest BCUT2D eigenvalue weighted by Crippen LogP contribution is -2.28. The van der Waals surface area contributed by atoms with Gasteiger partial charge in [-0.1, -0.05) is 19.6 Å². The van der Waals surface area contributed by atoms with Crippen LogP contribution in [0.15, 0.2) is 12.4 Å². The van der Waals surface area contributed by atoms with Gasteiger partial charge in [-0.3, -0.25) is 5.10 Å². The molecule has 6 nitrogen and oxygen atoms in total. The molecule has 0 atom stereocenters. The lowest BCUT2D eigenvalue weighted by molar-refractivity contribution is 0.164. The first-order valence-corrected chi connectivity index (χ1v) is 11.4. The summed E-state index contributed by atoms with van der Waals surface area (Å²) in [4.78, 5) is 4.68. The highest BCUT2D eigenvalue weighted by atomic mass is 28.3. The molecule has 120 valence electrons. The number of hydrogen-bond acceptors (Lipinski definition) is 4. The molecule has 7 heteroatoms. The predicted octanol–water partition coefficient (Wildman–Crippen LogP) is 2.99. The Balaban J connectivity index is 1.95. The van der Waals surface area contributed by atoms with Crippen molar-refractivity contribution >= 4 is 30.0 Å². The molecule has 1 N–H and O–H groups in total. The molecule has 0 aliphatic rings. The maximum Gasteiger partial charge on any atom is 0.143 e. The SMILES string of the molecule is Cc1nc2c(c(C#N)cn2CCOC[Si](C)(C)C)c2[nH]ncc12. The highest BCUT2D eigenvalue weighted by Crippen LogP contribution is 2.28. The number of pyridine rings is 1. The minimum absolute atomic E-state index is 0.618. The molecule has 0 saturated heterocycles. The van der Waals surface area contributed by atoms with Gasteiger partial charge in [0.25, 0.3) is 0 Å². The third-order valence-corrected chi connectivity index (χ3v) is 4.80. The first-order valence-electron chi connectivity index (χ1n) is 7.71. The van der Waals surface area contributed by atoms with Gasteiger partial charge in [0.2, 0.25) is 0 Å². The number of hydrogen-bond donors (Lipinski definition) is 1. The van der Waals surface area contributed by atoms with Crippen molar-refractivity contribution in [3.05, 3.63) is 23.7 Å². The second kappa shape index (κ2) is 5.79. The third-order valence-electron chi connectivity index (χ3n) is 3.73. The van der Waals surface area contributed by atoms with E-state index in [2.05, 4.69) is 40.9 Å². The van der Waals surface area contributed by atoms with Gasteiger partial charge in [0, 0.05) is 24.4 Å². The highest BCUT2D eigenvalue weighted by molar-refractivity contribution is 6.76. The molecule has 3 aromatic heterocycles. The van der Waals surface area contributed by atoms with Crippen molar-refractivity contribution in [1.82, 2.24) is 19.7 Å². The van der Waals surface area contributed by atoms with Crippen molar-refractivity contribution in [3.63, 3.8) is 0 Å². The fourth-order valence-corrected chi connectivity index (χ4v) is 3.44. The molecule has 3 rings (SSSR count). The molecule has 0 aromatic carbocycles. The van der Waals surface area contributed by atoms with E-state index < -0.39 is 8.07 Å². The zero-order valence-electron chi connectivity index (χ0n) is 14.0. The smallest absolute Gasteiger partial charge is 0.143 e. The molecule has 0 aliphatic carbocycles. The molecule has 0 saturated carbocycles. The molecule has 0 spiro atoms. The fourth-order valence-electron chi connectivity index (χ4n) is 2.68. The molecular formula is C16H21N5OSi. The monoisotopic (exact) mass is 327 g/mol. The number of rotatable bonds is 5. The van der Waals surface area contributed by atoms with E-state index in [4.69, 9.17) is 4.74 Å².